The summed E-state index contributed by atoms with van der Waals surface area (Å²) >= 11 is 0. The zero-order valence-electron chi connectivity index (χ0n) is 11.8. The zero-order valence-corrected chi connectivity index (χ0v) is 11.8. The average Bonchev–Trinajstić information content (AvgIpc) is 2.37. The summed E-state index contributed by atoms with van der Waals surface area (Å²) in [5.41, 5.74) is 1.12. The van der Waals surface area contributed by atoms with Gasteiger partial charge in [-0.25, -0.2) is 9.97 Å². The first-order chi connectivity index (χ1) is 8.51. The summed E-state index contributed by atoms with van der Waals surface area (Å²) in [5, 5.41) is 2.97. The topological polar surface area (TPSA) is 58.1 Å². The van der Waals surface area contributed by atoms with Crippen molar-refractivity contribution in [2.24, 2.45) is 0 Å². The van der Waals surface area contributed by atoms with Gasteiger partial charge in [-0.2, -0.15) is 0 Å². The number of rotatable bonds is 5. The predicted octanol–water partition coefficient (Wildman–Crippen LogP) is 2.12. The Hall–Kier alpha value is -1.65. The van der Waals surface area contributed by atoms with Gasteiger partial charge in [-0.3, -0.25) is 4.79 Å². The van der Waals surface area contributed by atoms with Crippen molar-refractivity contribution in [1.29, 1.82) is 0 Å². The lowest BCUT2D eigenvalue weighted by atomic mass is 10.2. The molecule has 18 heavy (non-hydrogen) atoms. The van der Waals surface area contributed by atoms with Crippen molar-refractivity contribution in [2.75, 3.05) is 26.0 Å². The van der Waals surface area contributed by atoms with Gasteiger partial charge in [-0.1, -0.05) is 20.8 Å². The van der Waals surface area contributed by atoms with Crippen LogP contribution >= 0.6 is 0 Å². The van der Waals surface area contributed by atoms with E-state index in [0.29, 0.717) is 17.2 Å². The summed E-state index contributed by atoms with van der Waals surface area (Å²) in [4.78, 5) is 22.6. The molecule has 1 heterocycles. The van der Waals surface area contributed by atoms with Gasteiger partial charge in [0.15, 0.2) is 5.69 Å². The van der Waals surface area contributed by atoms with Crippen molar-refractivity contribution in [1.82, 2.24) is 14.9 Å². The van der Waals surface area contributed by atoms with Gasteiger partial charge in [-0.15, -0.1) is 0 Å². The maximum absolute atomic E-state index is 12.3. The third-order valence-corrected chi connectivity index (χ3v) is 2.70. The molecule has 0 aromatic carbocycles. The van der Waals surface area contributed by atoms with E-state index in [-0.39, 0.29) is 11.8 Å². The Morgan fingerprint density at radius 2 is 2.17 bits per heavy atom. The maximum Gasteiger partial charge on any atom is 0.274 e. The Balaban J connectivity index is 3.11. The van der Waals surface area contributed by atoms with Crippen molar-refractivity contribution < 1.29 is 4.79 Å². The molecule has 0 fully saturated rings. The second-order valence-electron chi connectivity index (χ2n) is 4.62. The Kier molecular flexibility index (Phi) is 5.07. The molecule has 0 saturated carbocycles. The third-order valence-electron chi connectivity index (χ3n) is 2.70. The van der Waals surface area contributed by atoms with Crippen LogP contribution in [0.4, 0.5) is 5.69 Å². The van der Waals surface area contributed by atoms with Crippen molar-refractivity contribution >= 4 is 11.6 Å². The van der Waals surface area contributed by atoms with E-state index in [2.05, 4.69) is 15.3 Å². The summed E-state index contributed by atoms with van der Waals surface area (Å²) < 4.78 is 0. The highest BCUT2D eigenvalue weighted by molar-refractivity contribution is 5.97. The summed E-state index contributed by atoms with van der Waals surface area (Å²) in [7, 11) is 3.56. The Morgan fingerprint density at radius 3 is 2.67 bits per heavy atom. The van der Waals surface area contributed by atoms with Gasteiger partial charge in [0.1, 0.15) is 5.82 Å². The molecule has 5 heteroatoms. The molecular weight excluding hydrogens is 228 g/mol. The number of nitrogens with one attached hydrogen (secondary N) is 1. The molecule has 0 aliphatic rings. The number of carbonyl (C=O) groups excluding carboxylic acids is 1. The summed E-state index contributed by atoms with van der Waals surface area (Å²) in [6.45, 7) is 6.79. The first-order valence-corrected chi connectivity index (χ1v) is 6.31. The van der Waals surface area contributed by atoms with Gasteiger partial charge >= 0.3 is 0 Å². The van der Waals surface area contributed by atoms with Crippen LogP contribution in [0, 0.1) is 0 Å². The lowest BCUT2D eigenvalue weighted by Crippen LogP contribution is -2.29. The maximum atomic E-state index is 12.3. The Bertz CT molecular complexity index is 417. The van der Waals surface area contributed by atoms with E-state index in [1.807, 2.05) is 20.8 Å². The lowest BCUT2D eigenvalue weighted by molar-refractivity contribution is 0.0790. The second-order valence-corrected chi connectivity index (χ2v) is 4.62. The molecule has 1 aromatic rings. The SMILES string of the molecule is CCCN(C)C(=O)c1nc(C(C)C)ncc1NC. The van der Waals surface area contributed by atoms with Crippen LogP contribution in [-0.2, 0) is 0 Å². The normalized spacial score (nSPS) is 10.6. The van der Waals surface area contributed by atoms with E-state index < -0.39 is 0 Å². The number of hydrogen-bond acceptors (Lipinski definition) is 4. The molecule has 100 valence electrons. The average molecular weight is 250 g/mol. The summed E-state index contributed by atoms with van der Waals surface area (Å²) in [6.07, 6.45) is 2.61. The molecule has 0 aliphatic carbocycles. The first kappa shape index (κ1) is 14.4. The number of aromatic nitrogens is 2. The molecule has 0 bridgehead atoms. The van der Waals surface area contributed by atoms with Gasteiger partial charge in [-0.05, 0) is 6.42 Å². The highest BCUT2D eigenvalue weighted by Gasteiger charge is 2.18. The van der Waals surface area contributed by atoms with Gasteiger partial charge < -0.3 is 10.2 Å². The number of amides is 1. The van der Waals surface area contributed by atoms with E-state index in [9.17, 15) is 4.79 Å². The van der Waals surface area contributed by atoms with Crippen LogP contribution < -0.4 is 5.32 Å². The van der Waals surface area contributed by atoms with Crippen molar-refractivity contribution in [2.45, 2.75) is 33.1 Å². The van der Waals surface area contributed by atoms with Crippen molar-refractivity contribution in [3.05, 3.63) is 17.7 Å². The van der Waals surface area contributed by atoms with Crippen LogP contribution in [0.1, 0.15) is 49.4 Å². The molecule has 0 atom stereocenters. The molecule has 5 nitrogen and oxygen atoms in total. The van der Waals surface area contributed by atoms with Crippen LogP contribution in [0.3, 0.4) is 0 Å². The molecule has 0 unspecified atom stereocenters. The minimum absolute atomic E-state index is 0.0644. The molecule has 0 aliphatic heterocycles. The van der Waals surface area contributed by atoms with E-state index in [4.69, 9.17) is 0 Å². The van der Waals surface area contributed by atoms with Crippen LogP contribution in [0.5, 0.6) is 0 Å². The quantitative estimate of drug-likeness (QED) is 0.869. The third kappa shape index (κ3) is 3.18. The molecule has 0 radical (unpaired) electrons. The number of carbonyl (C=O) groups is 1. The van der Waals surface area contributed by atoms with Crippen LogP contribution in [0.25, 0.3) is 0 Å². The Morgan fingerprint density at radius 1 is 1.50 bits per heavy atom. The lowest BCUT2D eigenvalue weighted by Gasteiger charge is -2.18. The van der Waals surface area contributed by atoms with Crippen LogP contribution in [0.15, 0.2) is 6.20 Å². The highest BCUT2D eigenvalue weighted by atomic mass is 16.2. The van der Waals surface area contributed by atoms with Crippen LogP contribution in [0.2, 0.25) is 0 Å². The minimum atomic E-state index is -0.0644. The summed E-state index contributed by atoms with van der Waals surface area (Å²) in [6, 6.07) is 0. The largest absolute Gasteiger partial charge is 0.385 e. The monoisotopic (exact) mass is 250 g/mol. The smallest absolute Gasteiger partial charge is 0.274 e. The molecule has 1 aromatic heterocycles. The predicted molar refractivity (Wildman–Crippen MR) is 72.9 cm³/mol. The number of anilines is 1. The standard InChI is InChI=1S/C13H22N4O/c1-6-7-17(5)13(18)11-10(14-4)8-15-12(16-11)9(2)3/h8-9,14H,6-7H2,1-5H3. The molecular formula is C13H22N4O. The molecule has 0 spiro atoms. The zero-order chi connectivity index (χ0) is 13.7. The van der Waals surface area contributed by atoms with Gasteiger partial charge in [0.05, 0.1) is 11.9 Å². The fraction of sp³-hybridized carbons (Fsp3) is 0.615. The van der Waals surface area contributed by atoms with E-state index in [1.54, 1.807) is 25.2 Å². The molecule has 1 amide bonds. The fourth-order valence-electron chi connectivity index (χ4n) is 1.64. The highest BCUT2D eigenvalue weighted by Crippen LogP contribution is 2.17. The van der Waals surface area contributed by atoms with Crippen LogP contribution in [-0.4, -0.2) is 41.4 Å². The van der Waals surface area contributed by atoms with E-state index in [0.717, 1.165) is 13.0 Å². The fourth-order valence-corrected chi connectivity index (χ4v) is 1.64. The molecule has 1 rings (SSSR count). The van der Waals surface area contributed by atoms with Gasteiger partial charge in [0.2, 0.25) is 0 Å². The first-order valence-electron chi connectivity index (χ1n) is 6.31. The molecule has 0 saturated heterocycles. The second kappa shape index (κ2) is 6.33. The number of nitrogens with zero attached hydrogens (tertiary/aromatic N) is 3. The number of hydrogen-bond donors (Lipinski definition) is 1. The van der Waals surface area contributed by atoms with Crippen molar-refractivity contribution in [3.8, 4) is 0 Å². The molecule has 1 N–H and O–H groups in total. The Labute approximate surface area is 109 Å². The van der Waals surface area contributed by atoms with Crippen molar-refractivity contribution in [3.63, 3.8) is 0 Å². The van der Waals surface area contributed by atoms with Gasteiger partial charge in [0, 0.05) is 26.6 Å². The van der Waals surface area contributed by atoms with E-state index >= 15 is 0 Å². The van der Waals surface area contributed by atoms with E-state index in [1.165, 1.54) is 0 Å². The van der Waals surface area contributed by atoms with Gasteiger partial charge in [0.25, 0.3) is 5.91 Å². The summed E-state index contributed by atoms with van der Waals surface area (Å²) in [5.74, 6) is 0.840. The minimum Gasteiger partial charge on any atom is -0.385 e.